The lowest BCUT2D eigenvalue weighted by atomic mass is 10.2. The molecule has 0 aliphatic rings. The second-order valence-corrected chi connectivity index (χ2v) is 6.07. The summed E-state index contributed by atoms with van der Waals surface area (Å²) in [7, 11) is 0. The Balaban J connectivity index is 1.73. The fourth-order valence-corrected chi connectivity index (χ4v) is 2.47. The molecule has 120 valence electrons. The molecule has 3 aromatic rings. The normalized spacial score (nSPS) is 11.3. The lowest BCUT2D eigenvalue weighted by Crippen LogP contribution is -2.22. The van der Waals surface area contributed by atoms with E-state index >= 15 is 0 Å². The number of fused-ring (bicyclic) bond motifs is 1. The first kappa shape index (κ1) is 15.2. The third-order valence-electron chi connectivity index (χ3n) is 3.43. The quantitative estimate of drug-likeness (QED) is 0.783. The van der Waals surface area contributed by atoms with Gasteiger partial charge >= 0.3 is 0 Å². The smallest absolute Gasteiger partial charge is 0.248 e. The molecule has 0 spiro atoms. The van der Waals surface area contributed by atoms with Crippen molar-refractivity contribution in [1.29, 1.82) is 0 Å². The van der Waals surface area contributed by atoms with Crippen molar-refractivity contribution in [2.75, 3.05) is 5.32 Å². The van der Waals surface area contributed by atoms with Crippen molar-refractivity contribution in [2.45, 2.75) is 33.9 Å². The van der Waals surface area contributed by atoms with Crippen molar-refractivity contribution in [1.82, 2.24) is 24.3 Å². The lowest BCUT2D eigenvalue weighted by Gasteiger charge is -2.11. The van der Waals surface area contributed by atoms with E-state index in [0.717, 1.165) is 17.5 Å². The van der Waals surface area contributed by atoms with Gasteiger partial charge in [-0.25, -0.2) is 14.6 Å². The predicted molar refractivity (Wildman–Crippen MR) is 88.0 cm³/mol. The average molecular weight is 312 g/mol. The molecular weight excluding hydrogens is 292 g/mol. The molecule has 0 bridgehead atoms. The van der Waals surface area contributed by atoms with E-state index in [2.05, 4.69) is 34.2 Å². The highest BCUT2D eigenvalue weighted by Gasteiger charge is 2.12. The molecule has 0 aliphatic heterocycles. The molecule has 0 aromatic carbocycles. The Morgan fingerprint density at radius 1 is 1.30 bits per heavy atom. The second-order valence-electron chi connectivity index (χ2n) is 6.07. The van der Waals surface area contributed by atoms with Crippen LogP contribution in [0.4, 0.5) is 5.95 Å². The van der Waals surface area contributed by atoms with Crippen LogP contribution in [0, 0.1) is 12.8 Å². The number of aromatic nitrogens is 5. The minimum atomic E-state index is -0.173. The van der Waals surface area contributed by atoms with Gasteiger partial charge in [-0.15, -0.1) is 0 Å². The molecule has 0 unspecified atom stereocenters. The van der Waals surface area contributed by atoms with Crippen LogP contribution in [0.25, 0.3) is 11.0 Å². The maximum Gasteiger partial charge on any atom is 0.248 e. The highest BCUT2D eigenvalue weighted by molar-refractivity contribution is 5.89. The third-order valence-corrected chi connectivity index (χ3v) is 3.43. The number of hydrogen-bond donors (Lipinski definition) is 1. The molecule has 7 heteroatoms. The summed E-state index contributed by atoms with van der Waals surface area (Å²) in [6.07, 6.45) is 7.05. The van der Waals surface area contributed by atoms with E-state index in [0.29, 0.717) is 17.5 Å². The van der Waals surface area contributed by atoms with Gasteiger partial charge in [-0.3, -0.25) is 10.1 Å². The molecule has 0 radical (unpaired) electrons. The Bertz CT molecular complexity index is 832. The summed E-state index contributed by atoms with van der Waals surface area (Å²) in [6, 6.07) is 2.00. The van der Waals surface area contributed by atoms with Gasteiger partial charge in [0.25, 0.3) is 0 Å². The monoisotopic (exact) mass is 312 g/mol. The van der Waals surface area contributed by atoms with Crippen LogP contribution in [0.15, 0.2) is 30.9 Å². The topological polar surface area (TPSA) is 77.6 Å². The Kier molecular flexibility index (Phi) is 4.10. The van der Waals surface area contributed by atoms with Gasteiger partial charge in [0.2, 0.25) is 11.9 Å². The number of rotatable bonds is 5. The molecule has 3 heterocycles. The molecule has 23 heavy (non-hydrogen) atoms. The first-order valence-electron chi connectivity index (χ1n) is 7.62. The highest BCUT2D eigenvalue weighted by Crippen LogP contribution is 2.13. The summed E-state index contributed by atoms with van der Waals surface area (Å²) in [5.41, 5.74) is 1.77. The van der Waals surface area contributed by atoms with Crippen LogP contribution in [0.5, 0.6) is 0 Å². The van der Waals surface area contributed by atoms with Crippen molar-refractivity contribution >= 4 is 22.9 Å². The summed E-state index contributed by atoms with van der Waals surface area (Å²) in [6.45, 7) is 7.13. The summed E-state index contributed by atoms with van der Waals surface area (Å²) < 4.78 is 3.53. The molecule has 3 rings (SSSR count). The number of hydrogen-bond acceptors (Lipinski definition) is 4. The van der Waals surface area contributed by atoms with E-state index < -0.39 is 0 Å². The highest BCUT2D eigenvalue weighted by atomic mass is 16.2. The Hall–Kier alpha value is -2.70. The summed E-state index contributed by atoms with van der Waals surface area (Å²) in [4.78, 5) is 20.8. The molecule has 0 saturated carbocycles. The molecule has 0 saturated heterocycles. The van der Waals surface area contributed by atoms with E-state index in [1.54, 1.807) is 23.3 Å². The minimum absolute atomic E-state index is 0.105. The number of anilines is 1. The largest absolute Gasteiger partial charge is 0.317 e. The van der Waals surface area contributed by atoms with Gasteiger partial charge in [-0.05, 0) is 24.5 Å². The van der Waals surface area contributed by atoms with Crippen LogP contribution in [-0.4, -0.2) is 30.2 Å². The van der Waals surface area contributed by atoms with Gasteiger partial charge in [0, 0.05) is 30.5 Å². The van der Waals surface area contributed by atoms with Crippen molar-refractivity contribution in [3.63, 3.8) is 0 Å². The van der Waals surface area contributed by atoms with Gasteiger partial charge in [0.05, 0.1) is 6.20 Å². The van der Waals surface area contributed by atoms with Gasteiger partial charge < -0.3 is 4.57 Å². The van der Waals surface area contributed by atoms with Gasteiger partial charge in [-0.2, -0.15) is 5.10 Å². The molecule has 7 nitrogen and oxygen atoms in total. The summed E-state index contributed by atoms with van der Waals surface area (Å²) in [5.74, 6) is 0.861. The van der Waals surface area contributed by atoms with Crippen molar-refractivity contribution in [2.24, 2.45) is 5.92 Å². The Labute approximate surface area is 134 Å². The van der Waals surface area contributed by atoms with Gasteiger partial charge in [0.15, 0.2) is 5.65 Å². The maximum absolute atomic E-state index is 12.3. The Morgan fingerprint density at radius 2 is 2.13 bits per heavy atom. The minimum Gasteiger partial charge on any atom is -0.317 e. The molecule has 1 amide bonds. The average Bonchev–Trinajstić information content (AvgIpc) is 3.06. The van der Waals surface area contributed by atoms with Crippen LogP contribution < -0.4 is 5.32 Å². The molecular formula is C16H20N6O. The fourth-order valence-electron chi connectivity index (χ4n) is 2.47. The van der Waals surface area contributed by atoms with E-state index in [9.17, 15) is 4.79 Å². The number of imidazole rings is 1. The van der Waals surface area contributed by atoms with Crippen LogP contribution in [0.2, 0.25) is 0 Å². The fraction of sp³-hybridized carbons (Fsp3) is 0.375. The van der Waals surface area contributed by atoms with Crippen LogP contribution in [0.3, 0.4) is 0 Å². The number of amides is 1. The number of aryl methyl sites for hydroxylation is 1. The maximum atomic E-state index is 12.3. The lowest BCUT2D eigenvalue weighted by molar-refractivity contribution is -0.116. The number of carbonyl (C=O) groups excluding carboxylic acids is 1. The zero-order chi connectivity index (χ0) is 16.4. The van der Waals surface area contributed by atoms with E-state index in [4.69, 9.17) is 0 Å². The van der Waals surface area contributed by atoms with Crippen LogP contribution in [0.1, 0.15) is 19.4 Å². The number of nitrogens with zero attached hydrogens (tertiary/aromatic N) is 5. The molecule has 3 aromatic heterocycles. The number of pyridine rings is 1. The molecule has 0 aliphatic carbocycles. The van der Waals surface area contributed by atoms with Gasteiger partial charge in [0.1, 0.15) is 6.54 Å². The standard InChI is InChI=1S/C16H20N6O/c1-11(2)9-21-5-4-17-16(21)20-14(23)10-22-15-13(8-19-22)6-12(3)7-18-15/h4-8,11H,9-10H2,1-3H3,(H,17,20,23). The predicted octanol–water partition coefficient (Wildman–Crippen LogP) is 2.23. The van der Waals surface area contributed by atoms with Crippen molar-refractivity contribution < 1.29 is 4.79 Å². The molecule has 1 N–H and O–H groups in total. The third kappa shape index (κ3) is 3.39. The van der Waals surface area contributed by atoms with E-state index in [-0.39, 0.29) is 12.5 Å². The van der Waals surface area contributed by atoms with Crippen molar-refractivity contribution in [3.8, 4) is 0 Å². The molecule has 0 atom stereocenters. The molecule has 0 fully saturated rings. The van der Waals surface area contributed by atoms with Crippen molar-refractivity contribution in [3.05, 3.63) is 36.4 Å². The van der Waals surface area contributed by atoms with Gasteiger partial charge in [-0.1, -0.05) is 13.8 Å². The Morgan fingerprint density at radius 3 is 2.91 bits per heavy atom. The summed E-state index contributed by atoms with van der Waals surface area (Å²) >= 11 is 0. The van der Waals surface area contributed by atoms with E-state index in [1.165, 1.54) is 0 Å². The SMILES string of the molecule is Cc1cnc2c(cnn2CC(=O)Nc2nccn2CC(C)C)c1. The first-order chi connectivity index (χ1) is 11.0. The first-order valence-corrected chi connectivity index (χ1v) is 7.62. The number of nitrogens with one attached hydrogen (secondary N) is 1. The van der Waals surface area contributed by atoms with E-state index in [1.807, 2.05) is 23.8 Å². The van der Waals surface area contributed by atoms with Crippen LogP contribution in [-0.2, 0) is 17.9 Å². The van der Waals surface area contributed by atoms with Crippen LogP contribution >= 0.6 is 0 Å². The summed E-state index contributed by atoms with van der Waals surface area (Å²) in [5, 5.41) is 8.01. The second kappa shape index (κ2) is 6.20. The number of carbonyl (C=O) groups is 1. The zero-order valence-corrected chi connectivity index (χ0v) is 13.5. The zero-order valence-electron chi connectivity index (χ0n) is 13.5.